The van der Waals surface area contributed by atoms with Gasteiger partial charge in [-0.25, -0.2) is 0 Å². The normalized spacial score (nSPS) is 13.8. The molecule has 2 aliphatic rings. The van der Waals surface area contributed by atoms with Crippen LogP contribution in [0.3, 0.4) is 0 Å². The van der Waals surface area contributed by atoms with E-state index in [1.165, 1.54) is 32.7 Å². The Kier molecular flexibility index (Phi) is 7.99. The topological polar surface area (TPSA) is 44.9 Å². The summed E-state index contributed by atoms with van der Waals surface area (Å²) in [5, 5.41) is 4.78. The zero-order valence-electron chi connectivity index (χ0n) is 38.0. The van der Waals surface area contributed by atoms with Gasteiger partial charge in [-0.3, -0.25) is 9.97 Å². The smallest absolute Gasteiger partial charge is 0.132 e. The first kappa shape index (κ1) is 38.7. The van der Waals surface area contributed by atoms with Gasteiger partial charge in [-0.05, 0) is 131 Å². The fourth-order valence-electron chi connectivity index (χ4n) is 11.0. The van der Waals surface area contributed by atoms with Crippen molar-refractivity contribution in [2.75, 3.05) is 0 Å². The maximum absolute atomic E-state index is 6.98. The lowest BCUT2D eigenvalue weighted by molar-refractivity contribution is 0.426. The van der Waals surface area contributed by atoms with Crippen molar-refractivity contribution in [3.63, 3.8) is 0 Å². The summed E-state index contributed by atoms with van der Waals surface area (Å²) in [6.07, 6.45) is 0. The van der Waals surface area contributed by atoms with E-state index in [-0.39, 0.29) is 10.8 Å². The maximum atomic E-state index is 6.98. The Balaban J connectivity index is 1.23. The van der Waals surface area contributed by atoms with Crippen molar-refractivity contribution in [1.29, 1.82) is 0 Å². The molecule has 0 unspecified atom stereocenters. The highest BCUT2D eigenvalue weighted by molar-refractivity contribution is 6.29. The quantitative estimate of drug-likeness (QED) is 0.174. The number of hydrogen-bond donors (Lipinski definition) is 0. The monoisotopic (exact) mass is 852 g/mol. The minimum Gasteiger partial charge on any atom is -0.457 e. The van der Waals surface area contributed by atoms with Crippen LogP contribution >= 0.6 is 0 Å². The van der Waals surface area contributed by atoms with E-state index in [9.17, 15) is 0 Å². The van der Waals surface area contributed by atoms with E-state index in [0.717, 1.165) is 90.0 Å². The van der Waals surface area contributed by atoms with Crippen molar-refractivity contribution >= 4 is 43.6 Å². The third-order valence-corrected chi connectivity index (χ3v) is 14.3. The molecule has 1 spiro atoms. The standard InChI is InChI=1S/C61H48N4O/c1-59(2,3)39-25-31-53-45(35-39)61(46-36-40(60(4,5)6)26-32-54(46)66-53)55-21-13-19-47(62-55)37-23-27-49-43(33-37)57-51(64(49)41-15-9-7-10-16-41)29-30-52-58(57)44-34-38(48-20-14-22-56(61)63-48)24-28-50(44)65(52)42-17-11-8-12-18-42/h7-36H,1-6H3. The van der Waals surface area contributed by atoms with Gasteiger partial charge < -0.3 is 13.9 Å². The van der Waals surface area contributed by atoms with E-state index in [2.05, 4.69) is 233 Å². The van der Waals surface area contributed by atoms with Gasteiger partial charge >= 0.3 is 0 Å². The van der Waals surface area contributed by atoms with Crippen molar-refractivity contribution < 1.29 is 4.74 Å². The third-order valence-electron chi connectivity index (χ3n) is 14.3. The molecule has 5 heteroatoms. The second-order valence-electron chi connectivity index (χ2n) is 20.2. The third kappa shape index (κ3) is 5.46. The Hall–Kier alpha value is -7.76. The van der Waals surface area contributed by atoms with E-state index in [1.807, 2.05) is 0 Å². The number of hydrogen-bond acceptors (Lipinski definition) is 3. The molecule has 0 saturated heterocycles. The Morgan fingerprint density at radius 3 is 1.26 bits per heavy atom. The van der Waals surface area contributed by atoms with Crippen LogP contribution in [0.1, 0.15) is 75.2 Å². The minimum absolute atomic E-state index is 0.128. The molecule has 8 bridgehead atoms. The molecule has 0 atom stereocenters. The van der Waals surface area contributed by atoms with Gasteiger partial charge in [0.15, 0.2) is 0 Å². The van der Waals surface area contributed by atoms with Crippen LogP contribution in [-0.2, 0) is 16.2 Å². The van der Waals surface area contributed by atoms with Crippen LogP contribution in [-0.4, -0.2) is 19.1 Å². The summed E-state index contributed by atoms with van der Waals surface area (Å²) < 4.78 is 11.8. The lowest BCUT2D eigenvalue weighted by Gasteiger charge is -2.41. The van der Waals surface area contributed by atoms with Gasteiger partial charge in [-0.1, -0.05) is 114 Å². The van der Waals surface area contributed by atoms with E-state index < -0.39 is 5.41 Å². The number of aromatic nitrogens is 4. The molecule has 318 valence electrons. The van der Waals surface area contributed by atoms with Crippen LogP contribution in [0.25, 0.3) is 77.5 Å². The van der Waals surface area contributed by atoms with E-state index >= 15 is 0 Å². The lowest BCUT2D eigenvalue weighted by Crippen LogP contribution is -2.37. The zero-order valence-corrected chi connectivity index (χ0v) is 38.0. The summed E-state index contributed by atoms with van der Waals surface area (Å²) in [6, 6.07) is 66.5. The van der Waals surface area contributed by atoms with E-state index in [4.69, 9.17) is 14.7 Å². The van der Waals surface area contributed by atoms with Crippen LogP contribution < -0.4 is 4.74 Å². The van der Waals surface area contributed by atoms with Gasteiger partial charge in [-0.15, -0.1) is 0 Å². The molecule has 7 aromatic carbocycles. The molecule has 0 amide bonds. The fourth-order valence-corrected chi connectivity index (χ4v) is 11.0. The SMILES string of the molecule is CC(C)(C)c1ccc2c(c1)C1(c3cccc(n3)-c3ccc4c(c3)c3c5c6cc(ccc6n(-c6ccccc6)c5ccc3n4-c3ccccc3)-c3cccc1n3)c1cc(C(C)(C)C)ccc1O2. The van der Waals surface area contributed by atoms with Crippen molar-refractivity contribution in [3.05, 3.63) is 216 Å². The number of fused-ring (bicyclic) bond motifs is 14. The Morgan fingerprint density at radius 1 is 0.409 bits per heavy atom. The number of benzene rings is 7. The first-order chi connectivity index (χ1) is 32.0. The van der Waals surface area contributed by atoms with Gasteiger partial charge in [0.2, 0.25) is 0 Å². The second-order valence-corrected chi connectivity index (χ2v) is 20.2. The molecule has 5 nitrogen and oxygen atoms in total. The first-order valence-corrected chi connectivity index (χ1v) is 23.1. The molecular formula is C61H48N4O. The highest BCUT2D eigenvalue weighted by Gasteiger charge is 2.49. The van der Waals surface area contributed by atoms with Crippen molar-refractivity contribution in [2.45, 2.75) is 57.8 Å². The summed E-state index contributed by atoms with van der Waals surface area (Å²) in [5.41, 5.74) is 15.8. The van der Waals surface area contributed by atoms with Crippen LogP contribution in [0.4, 0.5) is 0 Å². The summed E-state index contributed by atoms with van der Waals surface area (Å²) in [4.78, 5) is 11.7. The summed E-state index contributed by atoms with van der Waals surface area (Å²) in [5.74, 6) is 1.62. The predicted octanol–water partition coefficient (Wildman–Crippen LogP) is 15.4. The van der Waals surface area contributed by atoms with Crippen molar-refractivity contribution in [2.24, 2.45) is 0 Å². The van der Waals surface area contributed by atoms with Crippen LogP contribution in [0, 0.1) is 0 Å². The summed E-state index contributed by atoms with van der Waals surface area (Å²) >= 11 is 0. The molecule has 66 heavy (non-hydrogen) atoms. The van der Waals surface area contributed by atoms with Crippen molar-refractivity contribution in [3.8, 4) is 45.4 Å². The number of rotatable bonds is 2. The number of para-hydroxylation sites is 2. The predicted molar refractivity (Wildman–Crippen MR) is 271 cm³/mol. The molecule has 11 aromatic rings. The molecule has 4 aromatic heterocycles. The Bertz CT molecular complexity index is 3560. The Labute approximate surface area is 384 Å². The average molecular weight is 853 g/mol. The number of ether oxygens (including phenoxy) is 1. The molecule has 6 heterocycles. The van der Waals surface area contributed by atoms with Crippen molar-refractivity contribution in [1.82, 2.24) is 19.1 Å². The maximum Gasteiger partial charge on any atom is 0.132 e. The van der Waals surface area contributed by atoms with Crippen LogP contribution in [0.15, 0.2) is 182 Å². The fraction of sp³-hybridized carbons (Fsp3) is 0.148. The lowest BCUT2D eigenvalue weighted by atomic mass is 9.65. The van der Waals surface area contributed by atoms with Gasteiger partial charge in [0, 0.05) is 55.2 Å². The molecular weight excluding hydrogens is 805 g/mol. The van der Waals surface area contributed by atoms with E-state index in [0.29, 0.717) is 0 Å². The van der Waals surface area contributed by atoms with Crippen LogP contribution in [0.2, 0.25) is 0 Å². The molecule has 13 rings (SSSR count). The van der Waals surface area contributed by atoms with Gasteiger partial charge in [0.25, 0.3) is 0 Å². The average Bonchev–Trinajstić information content (AvgIpc) is 3.84. The number of nitrogens with zero attached hydrogens (tertiary/aromatic N) is 4. The highest BCUT2D eigenvalue weighted by atomic mass is 16.5. The molecule has 0 radical (unpaired) electrons. The second kappa shape index (κ2) is 13.6. The molecule has 0 saturated carbocycles. The first-order valence-electron chi connectivity index (χ1n) is 23.1. The molecule has 0 fully saturated rings. The minimum atomic E-state index is -0.956. The van der Waals surface area contributed by atoms with Crippen LogP contribution in [0.5, 0.6) is 11.5 Å². The Morgan fingerprint density at radius 2 is 0.833 bits per heavy atom. The molecule has 0 N–H and O–H groups in total. The summed E-state index contributed by atoms with van der Waals surface area (Å²) in [6.45, 7) is 13.7. The van der Waals surface area contributed by atoms with Gasteiger partial charge in [-0.2, -0.15) is 0 Å². The van der Waals surface area contributed by atoms with E-state index in [1.54, 1.807) is 0 Å². The number of pyridine rings is 2. The van der Waals surface area contributed by atoms with Gasteiger partial charge in [0.1, 0.15) is 16.9 Å². The highest BCUT2D eigenvalue weighted by Crippen LogP contribution is 2.56. The zero-order chi connectivity index (χ0) is 44.7. The largest absolute Gasteiger partial charge is 0.457 e. The molecule has 0 aliphatic carbocycles. The molecule has 2 aliphatic heterocycles. The van der Waals surface area contributed by atoms with Gasteiger partial charge in [0.05, 0.1) is 44.8 Å². The summed E-state index contributed by atoms with van der Waals surface area (Å²) in [7, 11) is 0.